The van der Waals surface area contributed by atoms with Crippen molar-refractivity contribution >= 4 is 17.2 Å². The first-order valence-electron chi connectivity index (χ1n) is 7.94. The molecule has 0 aliphatic heterocycles. The number of hydrogen-bond acceptors (Lipinski definition) is 4. The summed E-state index contributed by atoms with van der Waals surface area (Å²) in [5, 5.41) is 10.5. The van der Waals surface area contributed by atoms with Crippen molar-refractivity contribution in [2.75, 3.05) is 6.54 Å². The predicted molar refractivity (Wildman–Crippen MR) is 93.9 cm³/mol. The van der Waals surface area contributed by atoms with Crippen LogP contribution in [0, 0.1) is 13.8 Å². The Kier molecular flexibility index (Phi) is 5.24. The Bertz CT molecular complexity index is 681. The minimum atomic E-state index is -0.301. The van der Waals surface area contributed by atoms with Gasteiger partial charge in [0.15, 0.2) is 0 Å². The highest BCUT2D eigenvalue weighted by Gasteiger charge is 2.19. The number of amides is 1. The van der Waals surface area contributed by atoms with Gasteiger partial charge in [-0.3, -0.25) is 9.48 Å². The molecule has 0 saturated carbocycles. The molecule has 0 saturated heterocycles. The van der Waals surface area contributed by atoms with E-state index in [-0.39, 0.29) is 17.4 Å². The van der Waals surface area contributed by atoms with Crippen LogP contribution in [0.15, 0.2) is 11.4 Å². The molecule has 0 radical (unpaired) electrons. The van der Waals surface area contributed by atoms with E-state index < -0.39 is 0 Å². The Hall–Kier alpha value is -1.69. The van der Waals surface area contributed by atoms with Crippen molar-refractivity contribution < 1.29 is 4.79 Å². The second-order valence-corrected chi connectivity index (χ2v) is 7.91. The van der Waals surface area contributed by atoms with Crippen LogP contribution in [0.1, 0.15) is 55.8 Å². The first kappa shape index (κ1) is 17.7. The number of aryl methyl sites for hydroxylation is 2. The van der Waals surface area contributed by atoms with Crippen LogP contribution in [0.25, 0.3) is 0 Å². The highest BCUT2D eigenvalue weighted by atomic mass is 32.1. The van der Waals surface area contributed by atoms with Gasteiger partial charge in [0, 0.05) is 29.5 Å². The molecular weight excluding hydrogens is 308 g/mol. The first-order valence-corrected chi connectivity index (χ1v) is 8.82. The normalized spacial score (nSPS) is 13.1. The fraction of sp³-hybridized carbons (Fsp3) is 0.588. The maximum atomic E-state index is 12.3. The highest BCUT2D eigenvalue weighted by molar-refractivity contribution is 7.09. The van der Waals surface area contributed by atoms with Crippen molar-refractivity contribution in [2.24, 2.45) is 0 Å². The molecule has 0 aromatic carbocycles. The van der Waals surface area contributed by atoms with Gasteiger partial charge in [-0.25, -0.2) is 4.98 Å². The standard InChI is InChI=1S/C17H26N4OS/c1-11-9-12(2)21(20-11)13(3)16(22)18-8-7-15-19-14(10-23-15)17(4,5)6/h9-10,13H,7-8H2,1-6H3,(H,18,22)/t13-/m1/s1. The molecule has 0 fully saturated rings. The zero-order valence-electron chi connectivity index (χ0n) is 14.8. The Morgan fingerprint density at radius 3 is 2.61 bits per heavy atom. The Morgan fingerprint density at radius 2 is 2.09 bits per heavy atom. The van der Waals surface area contributed by atoms with Crippen molar-refractivity contribution in [2.45, 2.75) is 59.4 Å². The summed E-state index contributed by atoms with van der Waals surface area (Å²) in [6.45, 7) is 12.8. The van der Waals surface area contributed by atoms with E-state index in [1.54, 1.807) is 16.0 Å². The number of carbonyl (C=O) groups is 1. The van der Waals surface area contributed by atoms with E-state index in [0.717, 1.165) is 28.5 Å². The molecule has 2 rings (SSSR count). The smallest absolute Gasteiger partial charge is 0.244 e. The first-order chi connectivity index (χ1) is 10.7. The van der Waals surface area contributed by atoms with Gasteiger partial charge in [-0.2, -0.15) is 5.10 Å². The van der Waals surface area contributed by atoms with Crippen LogP contribution >= 0.6 is 11.3 Å². The van der Waals surface area contributed by atoms with Crippen LogP contribution in [-0.2, 0) is 16.6 Å². The average Bonchev–Trinajstić information content (AvgIpc) is 3.04. The van der Waals surface area contributed by atoms with Crippen LogP contribution in [0.3, 0.4) is 0 Å². The summed E-state index contributed by atoms with van der Waals surface area (Å²) in [6, 6.07) is 1.68. The number of carbonyl (C=O) groups excluding carboxylic acids is 1. The van der Waals surface area contributed by atoms with Crippen LogP contribution in [0.2, 0.25) is 0 Å². The van der Waals surface area contributed by atoms with Crippen LogP contribution in [-0.4, -0.2) is 27.2 Å². The summed E-state index contributed by atoms with van der Waals surface area (Å²) in [4.78, 5) is 16.9. The molecule has 0 aliphatic rings. The molecule has 2 aromatic heterocycles. The number of thiazole rings is 1. The van der Waals surface area contributed by atoms with Crippen LogP contribution in [0.4, 0.5) is 0 Å². The fourth-order valence-electron chi connectivity index (χ4n) is 2.36. The lowest BCUT2D eigenvalue weighted by atomic mass is 9.93. The topological polar surface area (TPSA) is 59.8 Å². The van der Waals surface area contributed by atoms with E-state index in [1.807, 2.05) is 26.8 Å². The van der Waals surface area contributed by atoms with Crippen molar-refractivity contribution in [3.05, 3.63) is 33.5 Å². The molecule has 0 unspecified atom stereocenters. The quantitative estimate of drug-likeness (QED) is 0.913. The summed E-state index contributed by atoms with van der Waals surface area (Å²) in [5.74, 6) is -0.0104. The lowest BCUT2D eigenvalue weighted by Crippen LogP contribution is -2.33. The largest absolute Gasteiger partial charge is 0.354 e. The number of rotatable bonds is 5. The van der Waals surface area contributed by atoms with Crippen molar-refractivity contribution in [3.63, 3.8) is 0 Å². The zero-order valence-corrected chi connectivity index (χ0v) is 15.6. The van der Waals surface area contributed by atoms with E-state index >= 15 is 0 Å². The molecule has 2 aromatic rings. The van der Waals surface area contributed by atoms with Gasteiger partial charge in [-0.15, -0.1) is 11.3 Å². The maximum absolute atomic E-state index is 12.3. The maximum Gasteiger partial charge on any atom is 0.244 e. The third-order valence-electron chi connectivity index (χ3n) is 3.75. The van der Waals surface area contributed by atoms with Gasteiger partial charge in [0.25, 0.3) is 0 Å². The third-order valence-corrected chi connectivity index (χ3v) is 4.66. The van der Waals surface area contributed by atoms with Crippen LogP contribution in [0.5, 0.6) is 0 Å². The van der Waals surface area contributed by atoms with Crippen molar-refractivity contribution in [3.8, 4) is 0 Å². The molecular formula is C17H26N4OS. The molecule has 23 heavy (non-hydrogen) atoms. The van der Waals surface area contributed by atoms with Gasteiger partial charge in [-0.05, 0) is 26.8 Å². The minimum Gasteiger partial charge on any atom is -0.354 e. The summed E-state index contributed by atoms with van der Waals surface area (Å²) in [7, 11) is 0. The number of aromatic nitrogens is 3. The summed E-state index contributed by atoms with van der Waals surface area (Å²) < 4.78 is 1.77. The fourth-order valence-corrected chi connectivity index (χ4v) is 3.38. The van der Waals surface area contributed by atoms with Crippen LogP contribution < -0.4 is 5.32 Å². The average molecular weight is 334 g/mol. The van der Waals surface area contributed by atoms with E-state index in [0.29, 0.717) is 6.54 Å². The SMILES string of the molecule is Cc1cc(C)n([C@H](C)C(=O)NCCc2nc(C(C)(C)C)cs2)n1. The van der Waals surface area contributed by atoms with E-state index in [4.69, 9.17) is 0 Å². The molecule has 1 atom stereocenters. The second kappa shape index (κ2) is 6.83. The Morgan fingerprint density at radius 1 is 1.39 bits per heavy atom. The predicted octanol–water partition coefficient (Wildman–Crippen LogP) is 3.17. The summed E-state index contributed by atoms with van der Waals surface area (Å²) >= 11 is 1.66. The second-order valence-electron chi connectivity index (χ2n) is 6.97. The van der Waals surface area contributed by atoms with Crippen molar-refractivity contribution in [1.82, 2.24) is 20.1 Å². The zero-order chi connectivity index (χ0) is 17.2. The molecule has 0 bridgehead atoms. The molecule has 1 amide bonds. The lowest BCUT2D eigenvalue weighted by Gasteiger charge is -2.15. The Labute approximate surface area is 142 Å². The number of nitrogens with zero attached hydrogens (tertiary/aromatic N) is 3. The molecule has 0 aliphatic carbocycles. The molecule has 6 heteroatoms. The van der Waals surface area contributed by atoms with Gasteiger partial charge >= 0.3 is 0 Å². The van der Waals surface area contributed by atoms with Gasteiger partial charge < -0.3 is 5.32 Å². The third kappa shape index (κ3) is 4.41. The van der Waals surface area contributed by atoms with Gasteiger partial charge in [0.05, 0.1) is 16.4 Å². The number of nitrogens with one attached hydrogen (secondary N) is 1. The van der Waals surface area contributed by atoms with Gasteiger partial charge in [0.1, 0.15) is 6.04 Å². The minimum absolute atomic E-state index is 0.0104. The molecule has 0 spiro atoms. The summed E-state index contributed by atoms with van der Waals surface area (Å²) in [6.07, 6.45) is 0.760. The van der Waals surface area contributed by atoms with E-state index in [9.17, 15) is 4.79 Å². The van der Waals surface area contributed by atoms with Gasteiger partial charge in [0.2, 0.25) is 5.91 Å². The van der Waals surface area contributed by atoms with E-state index in [2.05, 4.69) is 41.6 Å². The molecule has 126 valence electrons. The monoisotopic (exact) mass is 334 g/mol. The molecule has 5 nitrogen and oxygen atoms in total. The van der Waals surface area contributed by atoms with Gasteiger partial charge in [-0.1, -0.05) is 20.8 Å². The van der Waals surface area contributed by atoms with E-state index in [1.165, 1.54) is 0 Å². The van der Waals surface area contributed by atoms with Crippen molar-refractivity contribution in [1.29, 1.82) is 0 Å². The molecule has 2 heterocycles. The molecule has 1 N–H and O–H groups in total. The lowest BCUT2D eigenvalue weighted by molar-refractivity contribution is -0.124. The highest BCUT2D eigenvalue weighted by Crippen LogP contribution is 2.23. The Balaban J connectivity index is 1.87. The number of hydrogen-bond donors (Lipinski definition) is 1. The summed E-state index contributed by atoms with van der Waals surface area (Å²) in [5.41, 5.74) is 3.11.